The summed E-state index contributed by atoms with van der Waals surface area (Å²) in [5.41, 5.74) is 0. The van der Waals surface area contributed by atoms with Crippen LogP contribution in [0.2, 0.25) is 0 Å². The van der Waals surface area contributed by atoms with E-state index in [0.29, 0.717) is 24.0 Å². The van der Waals surface area contributed by atoms with Crippen LogP contribution in [0.4, 0.5) is 5.82 Å². The Hall–Kier alpha value is -2.57. The molecule has 1 saturated carbocycles. The molecular weight excluding hydrogens is 310 g/mol. The summed E-state index contributed by atoms with van der Waals surface area (Å²) in [5, 5.41) is 3.11. The van der Waals surface area contributed by atoms with Crippen molar-refractivity contribution in [3.63, 3.8) is 0 Å². The summed E-state index contributed by atoms with van der Waals surface area (Å²) >= 11 is 0. The van der Waals surface area contributed by atoms with E-state index >= 15 is 0 Å². The van der Waals surface area contributed by atoms with Gasteiger partial charge in [0.15, 0.2) is 0 Å². The summed E-state index contributed by atoms with van der Waals surface area (Å²) < 4.78 is 15.9. The van der Waals surface area contributed by atoms with E-state index in [9.17, 15) is 4.79 Å². The van der Waals surface area contributed by atoms with E-state index in [-0.39, 0.29) is 11.9 Å². The average Bonchev–Trinajstić information content (AvgIpc) is 3.09. The smallest absolute Gasteiger partial charge is 0.373 e. The number of hydrogen-bond acceptors (Lipinski definition) is 7. The average molecular weight is 331 g/mol. The number of carbonyl (C=O) groups is 1. The van der Waals surface area contributed by atoms with E-state index in [1.165, 1.54) is 26.4 Å². The van der Waals surface area contributed by atoms with Crippen LogP contribution in [0.1, 0.15) is 48.4 Å². The van der Waals surface area contributed by atoms with E-state index in [0.717, 1.165) is 12.8 Å². The monoisotopic (exact) mass is 331 g/mol. The molecule has 0 radical (unpaired) electrons. The minimum atomic E-state index is -0.496. The molecule has 0 spiro atoms. The van der Waals surface area contributed by atoms with Crippen LogP contribution in [0, 0.1) is 0 Å². The van der Waals surface area contributed by atoms with Crippen LogP contribution in [-0.2, 0) is 11.3 Å². The summed E-state index contributed by atoms with van der Waals surface area (Å²) in [6, 6.07) is 3.30. The third-order valence-corrected chi connectivity index (χ3v) is 3.94. The van der Waals surface area contributed by atoms with Crippen molar-refractivity contribution in [2.75, 3.05) is 12.4 Å². The summed E-state index contributed by atoms with van der Waals surface area (Å²) in [7, 11) is 1.32. The van der Waals surface area contributed by atoms with Crippen LogP contribution in [-0.4, -0.2) is 29.2 Å². The Labute approximate surface area is 140 Å². The number of anilines is 1. The Balaban J connectivity index is 1.56. The SMILES string of the molecule is COC(=O)c1ccc(CNc2cncc(OC3CCCCC3)n2)o1. The zero-order chi connectivity index (χ0) is 16.8. The van der Waals surface area contributed by atoms with E-state index in [1.807, 2.05) is 0 Å². The predicted octanol–water partition coefficient (Wildman–Crippen LogP) is 3.18. The number of nitrogens with zero attached hydrogens (tertiary/aromatic N) is 2. The number of esters is 1. The molecule has 2 aromatic heterocycles. The topological polar surface area (TPSA) is 86.5 Å². The predicted molar refractivity (Wildman–Crippen MR) is 86.9 cm³/mol. The van der Waals surface area contributed by atoms with Crippen molar-refractivity contribution in [1.82, 2.24) is 9.97 Å². The van der Waals surface area contributed by atoms with Crippen LogP contribution < -0.4 is 10.1 Å². The molecule has 128 valence electrons. The molecule has 24 heavy (non-hydrogen) atoms. The second-order valence-electron chi connectivity index (χ2n) is 5.73. The molecule has 2 heterocycles. The van der Waals surface area contributed by atoms with Crippen molar-refractivity contribution in [3.8, 4) is 5.88 Å². The maximum Gasteiger partial charge on any atom is 0.373 e. The molecule has 1 aliphatic rings. The minimum Gasteiger partial charge on any atom is -0.473 e. The number of ether oxygens (including phenoxy) is 2. The molecule has 1 aliphatic carbocycles. The number of carbonyl (C=O) groups excluding carboxylic acids is 1. The van der Waals surface area contributed by atoms with Crippen molar-refractivity contribution in [3.05, 3.63) is 36.0 Å². The van der Waals surface area contributed by atoms with Gasteiger partial charge in [0.25, 0.3) is 0 Å². The molecule has 0 amide bonds. The van der Waals surface area contributed by atoms with Gasteiger partial charge in [-0.25, -0.2) is 4.79 Å². The molecule has 1 fully saturated rings. The lowest BCUT2D eigenvalue weighted by atomic mass is 9.98. The zero-order valence-corrected chi connectivity index (χ0v) is 13.7. The normalized spacial score (nSPS) is 15.0. The maximum atomic E-state index is 11.4. The van der Waals surface area contributed by atoms with Gasteiger partial charge in [0, 0.05) is 0 Å². The van der Waals surface area contributed by atoms with Gasteiger partial charge in [0.1, 0.15) is 17.7 Å². The first-order valence-corrected chi connectivity index (χ1v) is 8.14. The van der Waals surface area contributed by atoms with Crippen LogP contribution in [0.3, 0.4) is 0 Å². The standard InChI is InChI=1S/C17H21N3O4/c1-22-17(21)14-8-7-13(23-14)9-19-15-10-18-11-16(20-15)24-12-5-3-2-4-6-12/h7-8,10-12H,2-6,9H2,1H3,(H,19,20). The summed E-state index contributed by atoms with van der Waals surface area (Å²) in [5.74, 6) is 1.41. The molecule has 7 nitrogen and oxygen atoms in total. The third kappa shape index (κ3) is 4.24. The molecule has 3 rings (SSSR count). The number of methoxy groups -OCH3 is 1. The van der Waals surface area contributed by atoms with E-state index < -0.39 is 5.97 Å². The summed E-state index contributed by atoms with van der Waals surface area (Å²) in [6.45, 7) is 0.387. The number of furan rings is 1. The highest BCUT2D eigenvalue weighted by Gasteiger charge is 2.16. The molecule has 7 heteroatoms. The van der Waals surface area contributed by atoms with Crippen molar-refractivity contribution in [2.45, 2.75) is 44.8 Å². The third-order valence-electron chi connectivity index (χ3n) is 3.94. The lowest BCUT2D eigenvalue weighted by Crippen LogP contribution is -2.20. The Bertz CT molecular complexity index is 680. The van der Waals surface area contributed by atoms with Crippen LogP contribution in [0.5, 0.6) is 5.88 Å². The van der Waals surface area contributed by atoms with Crippen molar-refractivity contribution >= 4 is 11.8 Å². The summed E-state index contributed by atoms with van der Waals surface area (Å²) in [4.78, 5) is 19.9. The molecule has 0 aliphatic heterocycles. The molecular formula is C17H21N3O4. The Morgan fingerprint density at radius 1 is 1.29 bits per heavy atom. The van der Waals surface area contributed by atoms with Gasteiger partial charge < -0.3 is 19.2 Å². The van der Waals surface area contributed by atoms with Crippen molar-refractivity contribution < 1.29 is 18.7 Å². The molecule has 2 aromatic rings. The molecule has 0 unspecified atom stereocenters. The van der Waals surface area contributed by atoms with Crippen LogP contribution in [0.25, 0.3) is 0 Å². The Morgan fingerprint density at radius 3 is 2.92 bits per heavy atom. The lowest BCUT2D eigenvalue weighted by molar-refractivity contribution is 0.0563. The highest BCUT2D eigenvalue weighted by molar-refractivity contribution is 5.86. The highest BCUT2D eigenvalue weighted by Crippen LogP contribution is 2.22. The van der Waals surface area contributed by atoms with E-state index in [1.54, 1.807) is 24.5 Å². The second kappa shape index (κ2) is 7.81. The van der Waals surface area contributed by atoms with Gasteiger partial charge in [-0.2, -0.15) is 4.98 Å². The van der Waals surface area contributed by atoms with Crippen molar-refractivity contribution in [2.24, 2.45) is 0 Å². The molecule has 0 atom stereocenters. The van der Waals surface area contributed by atoms with Gasteiger partial charge in [-0.05, 0) is 37.8 Å². The fourth-order valence-corrected chi connectivity index (χ4v) is 2.70. The minimum absolute atomic E-state index is 0.176. The number of aromatic nitrogens is 2. The molecule has 1 N–H and O–H groups in total. The largest absolute Gasteiger partial charge is 0.473 e. The van der Waals surface area contributed by atoms with Gasteiger partial charge in [-0.1, -0.05) is 6.42 Å². The second-order valence-corrected chi connectivity index (χ2v) is 5.73. The number of nitrogens with one attached hydrogen (secondary N) is 1. The molecule has 0 aromatic carbocycles. The molecule has 0 bridgehead atoms. The Morgan fingerprint density at radius 2 is 2.12 bits per heavy atom. The van der Waals surface area contributed by atoms with Gasteiger partial charge in [0.05, 0.1) is 26.0 Å². The number of rotatable bonds is 6. The van der Waals surface area contributed by atoms with E-state index in [2.05, 4.69) is 20.0 Å². The fourth-order valence-electron chi connectivity index (χ4n) is 2.70. The highest BCUT2D eigenvalue weighted by atomic mass is 16.5. The first-order valence-electron chi connectivity index (χ1n) is 8.14. The first kappa shape index (κ1) is 16.3. The first-order chi connectivity index (χ1) is 11.7. The fraction of sp³-hybridized carbons (Fsp3) is 0.471. The van der Waals surface area contributed by atoms with Crippen LogP contribution in [0.15, 0.2) is 28.9 Å². The van der Waals surface area contributed by atoms with Gasteiger partial charge >= 0.3 is 5.97 Å². The number of hydrogen-bond donors (Lipinski definition) is 1. The molecule has 0 saturated heterocycles. The quantitative estimate of drug-likeness (QED) is 0.813. The Kier molecular flexibility index (Phi) is 5.30. The lowest BCUT2D eigenvalue weighted by Gasteiger charge is -2.22. The van der Waals surface area contributed by atoms with E-state index in [4.69, 9.17) is 9.15 Å². The maximum absolute atomic E-state index is 11.4. The van der Waals surface area contributed by atoms with Crippen molar-refractivity contribution in [1.29, 1.82) is 0 Å². The van der Waals surface area contributed by atoms with Gasteiger partial charge in [-0.15, -0.1) is 0 Å². The van der Waals surface area contributed by atoms with Gasteiger partial charge in [0.2, 0.25) is 11.6 Å². The summed E-state index contributed by atoms with van der Waals surface area (Å²) in [6.07, 6.45) is 9.32. The van der Waals surface area contributed by atoms with Crippen LogP contribution >= 0.6 is 0 Å². The van der Waals surface area contributed by atoms with Gasteiger partial charge in [-0.3, -0.25) is 4.98 Å². The zero-order valence-electron chi connectivity index (χ0n) is 13.7.